The Hall–Kier alpha value is -2.35. The normalized spacial score (nSPS) is 20.9. The summed E-state index contributed by atoms with van der Waals surface area (Å²) in [6, 6.07) is 2.66. The van der Waals surface area contributed by atoms with E-state index in [9.17, 15) is 14.0 Å². The number of rotatable bonds is 4. The van der Waals surface area contributed by atoms with Crippen molar-refractivity contribution in [3.63, 3.8) is 0 Å². The molecule has 1 aliphatic heterocycles. The van der Waals surface area contributed by atoms with Gasteiger partial charge in [0.05, 0.1) is 26.4 Å². The zero-order valence-electron chi connectivity index (χ0n) is 11.3. The number of carbonyl (C=O) groups is 2. The van der Waals surface area contributed by atoms with Gasteiger partial charge in [-0.3, -0.25) is 4.79 Å². The maximum Gasteiger partial charge on any atom is 0.319 e. The molecule has 2 atom stereocenters. The fourth-order valence-corrected chi connectivity index (χ4v) is 2.01. The van der Waals surface area contributed by atoms with E-state index in [4.69, 9.17) is 14.6 Å². The summed E-state index contributed by atoms with van der Waals surface area (Å²) in [4.78, 5) is 22.8. The number of amides is 2. The van der Waals surface area contributed by atoms with Crippen molar-refractivity contribution in [2.45, 2.75) is 6.04 Å². The molecule has 1 saturated heterocycles. The topological polar surface area (TPSA) is 96.9 Å². The number of urea groups is 1. The van der Waals surface area contributed by atoms with Crippen LogP contribution in [0.3, 0.4) is 0 Å². The number of carbonyl (C=O) groups excluding carboxylic acids is 1. The van der Waals surface area contributed by atoms with Crippen LogP contribution in [-0.2, 0) is 9.53 Å². The van der Waals surface area contributed by atoms with Crippen molar-refractivity contribution in [1.29, 1.82) is 0 Å². The second kappa shape index (κ2) is 6.40. The van der Waals surface area contributed by atoms with E-state index >= 15 is 0 Å². The number of nitrogens with one attached hydrogen (secondary N) is 2. The Morgan fingerprint density at radius 2 is 2.19 bits per heavy atom. The molecule has 1 aromatic rings. The first-order valence-corrected chi connectivity index (χ1v) is 6.23. The summed E-state index contributed by atoms with van der Waals surface area (Å²) in [5.74, 6) is -2.35. The minimum absolute atomic E-state index is 0.000382. The quantitative estimate of drug-likeness (QED) is 0.772. The molecule has 2 amide bonds. The van der Waals surface area contributed by atoms with Crippen molar-refractivity contribution in [3.05, 3.63) is 24.0 Å². The molecule has 0 bridgehead atoms. The van der Waals surface area contributed by atoms with Gasteiger partial charge in [-0.15, -0.1) is 0 Å². The highest BCUT2D eigenvalue weighted by atomic mass is 19.1. The minimum Gasteiger partial charge on any atom is -0.494 e. The largest absolute Gasteiger partial charge is 0.494 e. The maximum absolute atomic E-state index is 13.2. The van der Waals surface area contributed by atoms with Crippen molar-refractivity contribution in [3.8, 4) is 5.75 Å². The van der Waals surface area contributed by atoms with Gasteiger partial charge in [-0.1, -0.05) is 0 Å². The number of carboxylic acid groups (broad SMARTS) is 1. The van der Waals surface area contributed by atoms with Gasteiger partial charge in [0.25, 0.3) is 0 Å². The van der Waals surface area contributed by atoms with Crippen LogP contribution in [0.25, 0.3) is 0 Å². The summed E-state index contributed by atoms with van der Waals surface area (Å²) in [5, 5.41) is 14.0. The molecule has 8 heteroatoms. The van der Waals surface area contributed by atoms with Crippen molar-refractivity contribution in [1.82, 2.24) is 5.32 Å². The predicted octanol–water partition coefficient (Wildman–Crippen LogP) is 1.06. The second-order valence-corrected chi connectivity index (χ2v) is 4.54. The zero-order chi connectivity index (χ0) is 15.4. The van der Waals surface area contributed by atoms with E-state index in [-0.39, 0.29) is 19.0 Å². The number of methoxy groups -OCH3 is 1. The first-order valence-electron chi connectivity index (χ1n) is 6.23. The molecule has 3 N–H and O–H groups in total. The van der Waals surface area contributed by atoms with Crippen LogP contribution in [0, 0.1) is 11.7 Å². The van der Waals surface area contributed by atoms with Gasteiger partial charge in [0.1, 0.15) is 5.92 Å². The number of benzene rings is 1. The Bertz CT molecular complexity index is 551. The molecule has 114 valence electrons. The van der Waals surface area contributed by atoms with Gasteiger partial charge in [0.15, 0.2) is 11.6 Å². The number of hydrogen-bond donors (Lipinski definition) is 3. The lowest BCUT2D eigenvalue weighted by atomic mass is 10.0. The number of anilines is 1. The van der Waals surface area contributed by atoms with E-state index in [1.54, 1.807) is 0 Å². The molecule has 1 heterocycles. The Labute approximate surface area is 120 Å². The molecule has 2 rings (SSSR count). The summed E-state index contributed by atoms with van der Waals surface area (Å²) < 4.78 is 23.1. The molecule has 0 radical (unpaired) electrons. The summed E-state index contributed by atoms with van der Waals surface area (Å²) in [5.41, 5.74) is 0.330. The molecule has 1 aromatic carbocycles. The number of hydrogen-bond acceptors (Lipinski definition) is 4. The Morgan fingerprint density at radius 1 is 1.43 bits per heavy atom. The third-order valence-corrected chi connectivity index (χ3v) is 3.12. The summed E-state index contributed by atoms with van der Waals surface area (Å²) in [7, 11) is 1.32. The predicted molar refractivity (Wildman–Crippen MR) is 70.8 cm³/mol. The molecule has 0 aromatic heterocycles. The Kier molecular flexibility index (Phi) is 4.59. The van der Waals surface area contributed by atoms with Crippen molar-refractivity contribution < 1.29 is 28.6 Å². The highest BCUT2D eigenvalue weighted by molar-refractivity contribution is 5.90. The van der Waals surface area contributed by atoms with Gasteiger partial charge in [0.2, 0.25) is 0 Å². The van der Waals surface area contributed by atoms with Gasteiger partial charge in [-0.25, -0.2) is 9.18 Å². The number of ether oxygens (including phenoxy) is 2. The van der Waals surface area contributed by atoms with Crippen LogP contribution in [-0.4, -0.2) is 43.5 Å². The van der Waals surface area contributed by atoms with Crippen LogP contribution in [0.1, 0.15) is 0 Å². The number of aliphatic carboxylic acids is 1. The van der Waals surface area contributed by atoms with E-state index in [2.05, 4.69) is 10.6 Å². The van der Waals surface area contributed by atoms with E-state index in [0.29, 0.717) is 5.69 Å². The van der Waals surface area contributed by atoms with E-state index in [0.717, 1.165) is 6.07 Å². The Balaban J connectivity index is 1.97. The summed E-state index contributed by atoms with van der Waals surface area (Å²) in [6.45, 7) is 0.196. The molecule has 21 heavy (non-hydrogen) atoms. The molecule has 1 aliphatic rings. The third-order valence-electron chi connectivity index (χ3n) is 3.12. The lowest BCUT2D eigenvalue weighted by Crippen LogP contribution is -2.44. The van der Waals surface area contributed by atoms with E-state index in [1.165, 1.54) is 19.2 Å². The van der Waals surface area contributed by atoms with Gasteiger partial charge in [-0.2, -0.15) is 0 Å². The molecule has 7 nitrogen and oxygen atoms in total. The van der Waals surface area contributed by atoms with Crippen LogP contribution < -0.4 is 15.4 Å². The van der Waals surface area contributed by atoms with Gasteiger partial charge in [-0.05, 0) is 12.1 Å². The van der Waals surface area contributed by atoms with Gasteiger partial charge in [0, 0.05) is 11.8 Å². The number of carboxylic acids is 1. The molecular weight excluding hydrogens is 283 g/mol. The smallest absolute Gasteiger partial charge is 0.319 e. The first-order chi connectivity index (χ1) is 10.0. The second-order valence-electron chi connectivity index (χ2n) is 4.54. The van der Waals surface area contributed by atoms with Crippen LogP contribution in [0.2, 0.25) is 0 Å². The minimum atomic E-state index is -1.03. The van der Waals surface area contributed by atoms with Crippen molar-refractivity contribution in [2.75, 3.05) is 25.6 Å². The fraction of sp³-hybridized carbons (Fsp3) is 0.385. The third kappa shape index (κ3) is 3.60. The Morgan fingerprint density at radius 3 is 2.86 bits per heavy atom. The maximum atomic E-state index is 13.2. The summed E-state index contributed by atoms with van der Waals surface area (Å²) in [6.07, 6.45) is 0. The van der Waals surface area contributed by atoms with Crippen LogP contribution in [0.4, 0.5) is 14.9 Å². The fourth-order valence-electron chi connectivity index (χ4n) is 2.01. The average molecular weight is 298 g/mol. The zero-order valence-corrected chi connectivity index (χ0v) is 11.3. The van der Waals surface area contributed by atoms with Gasteiger partial charge >= 0.3 is 12.0 Å². The average Bonchev–Trinajstić information content (AvgIpc) is 2.89. The lowest BCUT2D eigenvalue weighted by Gasteiger charge is -2.16. The molecule has 1 fully saturated rings. The van der Waals surface area contributed by atoms with Gasteiger partial charge < -0.3 is 25.2 Å². The number of halogens is 1. The molecular formula is C13H15FN2O5. The monoisotopic (exact) mass is 298 g/mol. The van der Waals surface area contributed by atoms with Crippen molar-refractivity contribution in [2.24, 2.45) is 5.92 Å². The SMILES string of the molecule is COc1cc(NC(=O)NC2COCC2C(=O)O)ccc1F. The molecule has 0 aliphatic carbocycles. The molecule has 0 saturated carbocycles. The first kappa shape index (κ1) is 15.0. The van der Waals surface area contributed by atoms with E-state index < -0.39 is 29.8 Å². The van der Waals surface area contributed by atoms with Crippen LogP contribution in [0.15, 0.2) is 18.2 Å². The van der Waals surface area contributed by atoms with E-state index in [1.807, 2.05) is 0 Å². The molecule has 2 unspecified atom stereocenters. The molecule has 0 spiro atoms. The lowest BCUT2D eigenvalue weighted by molar-refractivity contribution is -0.142. The van der Waals surface area contributed by atoms with Crippen molar-refractivity contribution >= 4 is 17.7 Å². The highest BCUT2D eigenvalue weighted by Gasteiger charge is 2.35. The summed E-state index contributed by atoms with van der Waals surface area (Å²) >= 11 is 0. The van der Waals surface area contributed by atoms with Crippen LogP contribution >= 0.6 is 0 Å². The standard InChI is InChI=1S/C13H15FN2O5/c1-20-11-4-7(2-3-9(11)14)15-13(19)16-10-6-21-5-8(10)12(17)18/h2-4,8,10H,5-6H2,1H3,(H,17,18)(H2,15,16,19). The van der Waals surface area contributed by atoms with Crippen LogP contribution in [0.5, 0.6) is 5.75 Å². The highest BCUT2D eigenvalue weighted by Crippen LogP contribution is 2.21.